The van der Waals surface area contributed by atoms with Gasteiger partial charge >= 0.3 is 0 Å². The average Bonchev–Trinajstić information content (AvgIpc) is 2.33. The summed E-state index contributed by atoms with van der Waals surface area (Å²) in [6, 6.07) is 20.3. The molecule has 0 aliphatic heterocycles. The Labute approximate surface area is 104 Å². The molecule has 1 N–H and O–H groups in total. The van der Waals surface area contributed by atoms with Gasteiger partial charge in [-0.15, -0.1) is 11.6 Å². The molecule has 0 aliphatic carbocycles. The van der Waals surface area contributed by atoms with Gasteiger partial charge in [0, 0.05) is 11.4 Å². The van der Waals surface area contributed by atoms with E-state index >= 15 is 0 Å². The SMILES string of the molecule is [CH3][Al][CH3].c1ccc(Nc2ccccc2)cc1. The first-order valence-electron chi connectivity index (χ1n) is 5.48. The molecule has 0 atom stereocenters. The molecule has 81 valence electrons. The zero-order chi connectivity index (χ0) is 11.6. The normalized spacial score (nSPS) is 8.62. The van der Waals surface area contributed by atoms with Crippen LogP contribution in [0.3, 0.4) is 0 Å². The first-order valence-corrected chi connectivity index (χ1v) is 7.79. The van der Waals surface area contributed by atoms with Crippen LogP contribution in [0.1, 0.15) is 0 Å². The van der Waals surface area contributed by atoms with Crippen LogP contribution in [0.4, 0.5) is 11.4 Å². The summed E-state index contributed by atoms with van der Waals surface area (Å²) >= 11 is 0.750. The van der Waals surface area contributed by atoms with Crippen molar-refractivity contribution in [2.24, 2.45) is 0 Å². The lowest BCUT2D eigenvalue weighted by atomic mass is 10.3. The highest BCUT2D eigenvalue weighted by atomic mass is 27.1. The van der Waals surface area contributed by atoms with Gasteiger partial charge in [-0.3, -0.25) is 0 Å². The first-order chi connectivity index (χ1) is 7.86. The minimum absolute atomic E-state index is 0.750. The maximum atomic E-state index is 3.30. The molecule has 2 aromatic carbocycles. The summed E-state index contributed by atoms with van der Waals surface area (Å²) in [6.07, 6.45) is 0. The first kappa shape index (κ1) is 12.8. The van der Waals surface area contributed by atoms with Crippen LogP contribution in [0.2, 0.25) is 11.6 Å². The van der Waals surface area contributed by atoms with Gasteiger partial charge in [-0.1, -0.05) is 36.4 Å². The van der Waals surface area contributed by atoms with E-state index in [1.165, 1.54) is 0 Å². The van der Waals surface area contributed by atoms with Crippen molar-refractivity contribution >= 4 is 26.6 Å². The maximum absolute atomic E-state index is 3.30. The lowest BCUT2D eigenvalue weighted by Gasteiger charge is -2.04. The van der Waals surface area contributed by atoms with Crippen molar-refractivity contribution in [2.45, 2.75) is 11.6 Å². The Morgan fingerprint density at radius 1 is 0.688 bits per heavy atom. The molecule has 0 fully saturated rings. The van der Waals surface area contributed by atoms with Crippen molar-refractivity contribution in [3.8, 4) is 0 Å². The Morgan fingerprint density at radius 2 is 1.00 bits per heavy atom. The fourth-order valence-corrected chi connectivity index (χ4v) is 1.21. The van der Waals surface area contributed by atoms with Gasteiger partial charge in [0.05, 0.1) is 0 Å². The maximum Gasteiger partial charge on any atom is 0.191 e. The molecular formula is C14H17AlN. The second kappa shape index (κ2) is 7.99. The van der Waals surface area contributed by atoms with E-state index in [-0.39, 0.29) is 0 Å². The van der Waals surface area contributed by atoms with E-state index in [2.05, 4.69) is 16.9 Å². The van der Waals surface area contributed by atoms with Crippen LogP contribution in [0.15, 0.2) is 60.7 Å². The zero-order valence-corrected chi connectivity index (χ0v) is 11.0. The molecule has 0 aliphatic rings. The molecule has 0 unspecified atom stereocenters. The van der Waals surface area contributed by atoms with Gasteiger partial charge in [0.2, 0.25) is 0 Å². The summed E-state index contributed by atoms with van der Waals surface area (Å²) < 4.78 is 0. The predicted octanol–water partition coefficient (Wildman–Crippen LogP) is 4.22. The second-order valence-corrected chi connectivity index (χ2v) is 4.59. The molecule has 1 nitrogen and oxygen atoms in total. The summed E-state index contributed by atoms with van der Waals surface area (Å²) in [6.45, 7) is 0. The third kappa shape index (κ3) is 5.02. The van der Waals surface area contributed by atoms with Crippen molar-refractivity contribution < 1.29 is 0 Å². The Balaban J connectivity index is 0.000000386. The third-order valence-electron chi connectivity index (χ3n) is 1.84. The van der Waals surface area contributed by atoms with Crippen LogP contribution in [0, 0.1) is 0 Å². The van der Waals surface area contributed by atoms with Gasteiger partial charge in [-0.2, -0.15) is 0 Å². The van der Waals surface area contributed by atoms with E-state index in [1.807, 2.05) is 60.7 Å². The minimum Gasteiger partial charge on any atom is -0.356 e. The monoisotopic (exact) mass is 226 g/mol. The molecule has 0 saturated heterocycles. The van der Waals surface area contributed by atoms with E-state index in [4.69, 9.17) is 0 Å². The molecule has 0 bridgehead atoms. The zero-order valence-electron chi connectivity index (χ0n) is 9.85. The van der Waals surface area contributed by atoms with Crippen LogP contribution in [-0.2, 0) is 0 Å². The predicted molar refractivity (Wildman–Crippen MR) is 73.6 cm³/mol. The van der Waals surface area contributed by atoms with Crippen molar-refractivity contribution in [3.05, 3.63) is 60.7 Å². The van der Waals surface area contributed by atoms with E-state index in [1.54, 1.807) is 0 Å². The third-order valence-corrected chi connectivity index (χ3v) is 1.84. The average molecular weight is 226 g/mol. The Kier molecular flexibility index (Phi) is 6.41. The highest BCUT2D eigenvalue weighted by molar-refractivity contribution is 6.31. The second-order valence-electron chi connectivity index (χ2n) is 3.43. The Morgan fingerprint density at radius 3 is 1.31 bits per heavy atom. The van der Waals surface area contributed by atoms with Crippen LogP contribution in [0.25, 0.3) is 0 Å². The molecule has 0 heterocycles. The Hall–Kier alpha value is -1.23. The number of para-hydroxylation sites is 2. The number of benzene rings is 2. The van der Waals surface area contributed by atoms with Crippen molar-refractivity contribution in [1.82, 2.24) is 0 Å². The lowest BCUT2D eigenvalue weighted by Crippen LogP contribution is -1.87. The fraction of sp³-hybridized carbons (Fsp3) is 0.143. The van der Waals surface area contributed by atoms with E-state index in [0.717, 1.165) is 26.6 Å². The van der Waals surface area contributed by atoms with Gasteiger partial charge in [0.15, 0.2) is 15.2 Å². The fourth-order valence-electron chi connectivity index (χ4n) is 1.21. The number of nitrogens with one attached hydrogen (secondary N) is 1. The summed E-state index contributed by atoms with van der Waals surface area (Å²) in [7, 11) is 0. The molecule has 16 heavy (non-hydrogen) atoms. The van der Waals surface area contributed by atoms with Gasteiger partial charge in [0.25, 0.3) is 0 Å². The Bertz CT molecular complexity index is 335. The highest BCUT2D eigenvalue weighted by Gasteiger charge is 1.89. The van der Waals surface area contributed by atoms with Crippen LogP contribution in [-0.4, -0.2) is 15.2 Å². The molecule has 2 rings (SSSR count). The van der Waals surface area contributed by atoms with Crippen molar-refractivity contribution in [3.63, 3.8) is 0 Å². The minimum atomic E-state index is 0.750. The molecule has 2 heteroatoms. The summed E-state index contributed by atoms with van der Waals surface area (Å²) in [5.74, 6) is 4.42. The largest absolute Gasteiger partial charge is 0.356 e. The van der Waals surface area contributed by atoms with Gasteiger partial charge in [-0.25, -0.2) is 0 Å². The van der Waals surface area contributed by atoms with Crippen LogP contribution in [0.5, 0.6) is 0 Å². The van der Waals surface area contributed by atoms with Crippen molar-refractivity contribution in [2.75, 3.05) is 5.32 Å². The smallest absolute Gasteiger partial charge is 0.191 e. The molecule has 2 aromatic rings. The standard InChI is InChI=1S/C12H11N.2CH3.Al/c1-3-7-11(8-4-1)13-12-9-5-2-6-10-12;;;/h1-10,13H;2*1H3;. The molecule has 1 radical (unpaired) electrons. The van der Waals surface area contributed by atoms with Gasteiger partial charge in [0.1, 0.15) is 0 Å². The van der Waals surface area contributed by atoms with E-state index in [9.17, 15) is 0 Å². The quantitative estimate of drug-likeness (QED) is 0.756. The number of rotatable bonds is 2. The van der Waals surface area contributed by atoms with Crippen LogP contribution >= 0.6 is 0 Å². The topological polar surface area (TPSA) is 12.0 Å². The molecule has 0 aromatic heterocycles. The number of hydrogen-bond acceptors (Lipinski definition) is 1. The van der Waals surface area contributed by atoms with E-state index < -0.39 is 0 Å². The summed E-state index contributed by atoms with van der Waals surface area (Å²) in [5, 5.41) is 3.30. The molecule has 0 amide bonds. The van der Waals surface area contributed by atoms with Crippen molar-refractivity contribution in [1.29, 1.82) is 0 Å². The summed E-state index contributed by atoms with van der Waals surface area (Å²) in [4.78, 5) is 0. The van der Waals surface area contributed by atoms with Gasteiger partial charge in [-0.05, 0) is 24.3 Å². The molecule has 0 saturated carbocycles. The highest BCUT2D eigenvalue weighted by Crippen LogP contribution is 2.14. The van der Waals surface area contributed by atoms with Crippen LogP contribution < -0.4 is 5.32 Å². The van der Waals surface area contributed by atoms with Gasteiger partial charge < -0.3 is 5.32 Å². The molecular weight excluding hydrogens is 209 g/mol. The lowest BCUT2D eigenvalue weighted by molar-refractivity contribution is 1.55. The van der Waals surface area contributed by atoms with E-state index in [0.29, 0.717) is 0 Å². The summed E-state index contributed by atoms with van der Waals surface area (Å²) in [5.41, 5.74) is 2.24. The number of anilines is 2. The number of hydrogen-bond donors (Lipinski definition) is 1. The molecule has 0 spiro atoms.